The fourth-order valence-electron chi connectivity index (χ4n) is 2.32. The summed E-state index contributed by atoms with van der Waals surface area (Å²) < 4.78 is 18.3. The zero-order valence-electron chi connectivity index (χ0n) is 14.5. The topological polar surface area (TPSA) is 111 Å². The molecule has 0 aliphatic heterocycles. The highest BCUT2D eigenvalue weighted by Crippen LogP contribution is 2.25. The molecule has 0 saturated carbocycles. The van der Waals surface area contributed by atoms with E-state index in [1.807, 2.05) is 0 Å². The molecule has 0 aliphatic carbocycles. The lowest BCUT2D eigenvalue weighted by atomic mass is 10.1. The van der Waals surface area contributed by atoms with Gasteiger partial charge in [0.1, 0.15) is 11.5 Å². The van der Waals surface area contributed by atoms with Crippen LogP contribution in [-0.4, -0.2) is 37.0 Å². The van der Waals surface area contributed by atoms with Gasteiger partial charge in [0, 0.05) is 19.7 Å². The molecule has 0 bridgehead atoms. The number of rotatable bonds is 8. The predicted molar refractivity (Wildman–Crippen MR) is 96.0 cm³/mol. The van der Waals surface area contributed by atoms with Gasteiger partial charge in [0.25, 0.3) is 11.6 Å². The first-order chi connectivity index (χ1) is 12.9. The third-order valence-corrected chi connectivity index (χ3v) is 3.71. The number of nitro groups is 1. The van der Waals surface area contributed by atoms with Crippen molar-refractivity contribution in [2.24, 2.45) is 0 Å². The van der Waals surface area contributed by atoms with Gasteiger partial charge < -0.3 is 15.4 Å². The number of carbonyl (C=O) groups is 2. The Labute approximate surface area is 154 Å². The van der Waals surface area contributed by atoms with Crippen LogP contribution < -0.4 is 10.6 Å². The van der Waals surface area contributed by atoms with Gasteiger partial charge in [0.05, 0.1) is 10.5 Å². The summed E-state index contributed by atoms with van der Waals surface area (Å²) in [4.78, 5) is 34.1. The monoisotopic (exact) mass is 375 g/mol. The van der Waals surface area contributed by atoms with Crippen LogP contribution in [0.4, 0.5) is 15.8 Å². The second kappa shape index (κ2) is 9.27. The Morgan fingerprint density at radius 1 is 1.22 bits per heavy atom. The van der Waals surface area contributed by atoms with Crippen LogP contribution in [0, 0.1) is 15.9 Å². The maximum absolute atomic E-state index is 13.5. The number of nitrogens with one attached hydrogen (secondary N) is 2. The minimum atomic E-state index is -0.856. The Morgan fingerprint density at radius 3 is 2.63 bits per heavy atom. The van der Waals surface area contributed by atoms with E-state index in [-0.39, 0.29) is 29.3 Å². The summed E-state index contributed by atoms with van der Waals surface area (Å²) in [6.45, 7) is -0.364. The first kappa shape index (κ1) is 19.8. The number of ether oxygens (including phenoxy) is 1. The fourth-order valence-corrected chi connectivity index (χ4v) is 2.32. The number of hydrogen-bond acceptors (Lipinski definition) is 6. The van der Waals surface area contributed by atoms with E-state index in [2.05, 4.69) is 10.6 Å². The first-order valence-electron chi connectivity index (χ1n) is 8.05. The van der Waals surface area contributed by atoms with Crippen molar-refractivity contribution < 1.29 is 23.6 Å². The molecule has 0 spiro atoms. The average Bonchev–Trinajstić information content (AvgIpc) is 2.67. The minimum Gasteiger partial charge on any atom is -0.452 e. The Balaban J connectivity index is 1.84. The van der Waals surface area contributed by atoms with Crippen molar-refractivity contribution in [3.05, 3.63) is 69.5 Å². The van der Waals surface area contributed by atoms with Crippen molar-refractivity contribution in [2.75, 3.05) is 25.5 Å². The van der Waals surface area contributed by atoms with Gasteiger partial charge in [0.15, 0.2) is 6.61 Å². The van der Waals surface area contributed by atoms with Crippen LogP contribution in [0.25, 0.3) is 0 Å². The van der Waals surface area contributed by atoms with E-state index in [9.17, 15) is 24.1 Å². The van der Waals surface area contributed by atoms with E-state index in [0.717, 1.165) is 6.07 Å². The summed E-state index contributed by atoms with van der Waals surface area (Å²) in [6.07, 6.45) is 0.296. The molecule has 2 rings (SSSR count). The zero-order valence-corrected chi connectivity index (χ0v) is 14.5. The van der Waals surface area contributed by atoms with E-state index in [1.165, 1.54) is 25.2 Å². The van der Waals surface area contributed by atoms with Crippen LogP contribution in [0.3, 0.4) is 0 Å². The number of anilines is 1. The van der Waals surface area contributed by atoms with E-state index >= 15 is 0 Å². The molecule has 0 atom stereocenters. The van der Waals surface area contributed by atoms with Crippen molar-refractivity contribution in [1.82, 2.24) is 5.32 Å². The highest BCUT2D eigenvalue weighted by molar-refractivity contribution is 5.93. The maximum Gasteiger partial charge on any atom is 0.338 e. The molecule has 27 heavy (non-hydrogen) atoms. The normalized spacial score (nSPS) is 10.1. The summed E-state index contributed by atoms with van der Waals surface area (Å²) in [7, 11) is 1.52. The highest BCUT2D eigenvalue weighted by atomic mass is 19.1. The molecular formula is C18H18FN3O5. The molecular weight excluding hydrogens is 357 g/mol. The van der Waals surface area contributed by atoms with Gasteiger partial charge in [0.2, 0.25) is 0 Å². The Kier molecular flexibility index (Phi) is 6.81. The second-order valence-corrected chi connectivity index (χ2v) is 5.51. The number of esters is 1. The Morgan fingerprint density at radius 2 is 1.96 bits per heavy atom. The summed E-state index contributed by atoms with van der Waals surface area (Å²) in [6, 6.07) is 10.0. The third kappa shape index (κ3) is 5.50. The van der Waals surface area contributed by atoms with E-state index in [4.69, 9.17) is 4.74 Å². The molecule has 142 valence electrons. The summed E-state index contributed by atoms with van der Waals surface area (Å²) in [5.74, 6) is -1.77. The van der Waals surface area contributed by atoms with Crippen LogP contribution in [0.1, 0.15) is 15.9 Å². The highest BCUT2D eigenvalue weighted by Gasteiger charge is 2.18. The average molecular weight is 375 g/mol. The van der Waals surface area contributed by atoms with Gasteiger partial charge >= 0.3 is 5.97 Å². The molecule has 0 heterocycles. The van der Waals surface area contributed by atoms with Gasteiger partial charge in [-0.25, -0.2) is 9.18 Å². The van der Waals surface area contributed by atoms with Crippen LogP contribution >= 0.6 is 0 Å². The fraction of sp³-hybridized carbons (Fsp3) is 0.222. The van der Waals surface area contributed by atoms with E-state index in [1.54, 1.807) is 18.2 Å². The molecule has 0 unspecified atom stereocenters. The lowest BCUT2D eigenvalue weighted by Crippen LogP contribution is -2.30. The van der Waals surface area contributed by atoms with Gasteiger partial charge in [-0.2, -0.15) is 0 Å². The predicted octanol–water partition coefficient (Wildman–Crippen LogP) is 2.29. The van der Waals surface area contributed by atoms with Gasteiger partial charge in [-0.3, -0.25) is 14.9 Å². The minimum absolute atomic E-state index is 0.0418. The molecule has 2 N–H and O–H groups in total. The molecule has 0 radical (unpaired) electrons. The van der Waals surface area contributed by atoms with E-state index < -0.39 is 23.4 Å². The number of amides is 1. The van der Waals surface area contributed by atoms with Crippen molar-refractivity contribution in [1.29, 1.82) is 0 Å². The zero-order chi connectivity index (χ0) is 19.8. The molecule has 0 aliphatic rings. The van der Waals surface area contributed by atoms with Gasteiger partial charge in [-0.1, -0.05) is 18.2 Å². The molecule has 0 fully saturated rings. The van der Waals surface area contributed by atoms with Crippen molar-refractivity contribution in [3.8, 4) is 0 Å². The van der Waals surface area contributed by atoms with E-state index in [0.29, 0.717) is 12.0 Å². The largest absolute Gasteiger partial charge is 0.452 e. The second-order valence-electron chi connectivity index (χ2n) is 5.51. The molecule has 2 aromatic rings. The number of hydrogen-bond donors (Lipinski definition) is 2. The summed E-state index contributed by atoms with van der Waals surface area (Å²) in [5.41, 5.74) is 0.398. The molecule has 1 amide bonds. The lowest BCUT2D eigenvalue weighted by molar-refractivity contribution is -0.384. The van der Waals surface area contributed by atoms with Gasteiger partial charge in [-0.15, -0.1) is 0 Å². The van der Waals surface area contributed by atoms with Crippen LogP contribution in [0.2, 0.25) is 0 Å². The number of benzene rings is 2. The molecule has 8 nitrogen and oxygen atoms in total. The third-order valence-electron chi connectivity index (χ3n) is 3.71. The van der Waals surface area contributed by atoms with Crippen molar-refractivity contribution >= 4 is 23.3 Å². The SMILES string of the molecule is CNc1ccc(C(=O)OCC(=O)NCCc2ccccc2F)cc1[N+](=O)[O-]. The number of nitrogens with zero attached hydrogens (tertiary/aromatic N) is 1. The van der Waals surface area contributed by atoms with Crippen LogP contribution in [0.5, 0.6) is 0 Å². The van der Waals surface area contributed by atoms with Crippen molar-refractivity contribution in [3.63, 3.8) is 0 Å². The standard InChI is InChI=1S/C18H18FN3O5/c1-20-15-7-6-13(10-16(15)22(25)26)18(24)27-11-17(23)21-9-8-12-4-2-3-5-14(12)19/h2-7,10,20H,8-9,11H2,1H3,(H,21,23). The quantitative estimate of drug-likeness (QED) is 0.416. The molecule has 9 heteroatoms. The Bertz CT molecular complexity index is 857. The molecule has 2 aromatic carbocycles. The maximum atomic E-state index is 13.5. The van der Waals surface area contributed by atoms with Crippen molar-refractivity contribution in [2.45, 2.75) is 6.42 Å². The number of halogens is 1. The van der Waals surface area contributed by atoms with Gasteiger partial charge in [-0.05, 0) is 30.2 Å². The molecule has 0 aromatic heterocycles. The summed E-state index contributed by atoms with van der Waals surface area (Å²) >= 11 is 0. The van der Waals surface area contributed by atoms with Crippen LogP contribution in [-0.2, 0) is 16.0 Å². The van der Waals surface area contributed by atoms with Crippen LogP contribution in [0.15, 0.2) is 42.5 Å². The lowest BCUT2D eigenvalue weighted by Gasteiger charge is -2.08. The number of carbonyl (C=O) groups excluding carboxylic acids is 2. The molecule has 0 saturated heterocycles. The first-order valence-corrected chi connectivity index (χ1v) is 8.05. The number of nitro benzene ring substituents is 1. The summed E-state index contributed by atoms with van der Waals surface area (Å²) in [5, 5.41) is 16.2. The Hall–Kier alpha value is -3.49. The smallest absolute Gasteiger partial charge is 0.338 e.